The highest BCUT2D eigenvalue weighted by Crippen LogP contribution is 2.34. The van der Waals surface area contributed by atoms with Crippen LogP contribution in [0, 0.1) is 0 Å². The third kappa shape index (κ3) is 3.86. The average Bonchev–Trinajstić information content (AvgIpc) is 3.37. The van der Waals surface area contributed by atoms with Crippen LogP contribution in [0.3, 0.4) is 0 Å². The summed E-state index contributed by atoms with van der Waals surface area (Å²) in [5.74, 6) is 0.391. The Bertz CT molecular complexity index is 1280. The molecule has 10 heteroatoms. The fraction of sp³-hybridized carbons (Fsp3) is 0.100. The molecule has 0 amide bonds. The normalized spacial score (nSPS) is 12.3. The van der Waals surface area contributed by atoms with Crippen molar-refractivity contribution >= 4 is 9.84 Å². The highest BCUT2D eigenvalue weighted by atomic mass is 32.2. The summed E-state index contributed by atoms with van der Waals surface area (Å²) >= 11 is 0. The zero-order chi connectivity index (χ0) is 21.5. The molecule has 0 spiro atoms. The van der Waals surface area contributed by atoms with Crippen molar-refractivity contribution < 1.29 is 26.0 Å². The van der Waals surface area contributed by atoms with Crippen LogP contribution in [-0.2, 0) is 16.0 Å². The molecule has 154 valence electrons. The molecular weight excluding hydrogens is 419 g/mol. The summed E-state index contributed by atoms with van der Waals surface area (Å²) in [7, 11) is -3.43. The zero-order valence-corrected chi connectivity index (χ0v) is 16.3. The van der Waals surface area contributed by atoms with E-state index in [0.717, 1.165) is 17.0 Å². The number of nitrogens with zero attached hydrogens (tertiary/aromatic N) is 3. The molecule has 0 saturated carbocycles. The van der Waals surface area contributed by atoms with Crippen molar-refractivity contribution in [3.05, 3.63) is 72.8 Å². The van der Waals surface area contributed by atoms with Gasteiger partial charge in [0.25, 0.3) is 0 Å². The summed E-state index contributed by atoms with van der Waals surface area (Å²) in [5.41, 5.74) is 0.600. The standard InChI is InChI=1S/C20H14F3N3O3S/c1-30(27,28)16-8-6-15(7-9-16)26-17(12-18(25-26)20(21,22)23)13-2-4-14(5-3-13)19-24-10-11-29-19/h2-12H,1H3. The van der Waals surface area contributed by atoms with Crippen LogP contribution in [0.15, 0.2) is 76.4 Å². The van der Waals surface area contributed by atoms with E-state index in [2.05, 4.69) is 10.1 Å². The van der Waals surface area contributed by atoms with Gasteiger partial charge in [0.2, 0.25) is 5.89 Å². The molecule has 2 aromatic carbocycles. The highest BCUT2D eigenvalue weighted by molar-refractivity contribution is 7.90. The molecule has 6 nitrogen and oxygen atoms in total. The van der Waals surface area contributed by atoms with Gasteiger partial charge in [-0.05, 0) is 42.5 Å². The molecule has 0 N–H and O–H groups in total. The maximum atomic E-state index is 13.3. The minimum absolute atomic E-state index is 0.0614. The van der Waals surface area contributed by atoms with Crippen LogP contribution in [0.25, 0.3) is 28.4 Å². The first-order chi connectivity index (χ1) is 14.1. The summed E-state index contributed by atoms with van der Waals surface area (Å²) in [6.45, 7) is 0. The van der Waals surface area contributed by atoms with Gasteiger partial charge in [0.05, 0.1) is 22.5 Å². The Morgan fingerprint density at radius 3 is 2.13 bits per heavy atom. The molecule has 0 aliphatic heterocycles. The number of halogens is 3. The molecule has 4 rings (SSSR count). The molecule has 4 aromatic rings. The van der Waals surface area contributed by atoms with E-state index in [1.165, 1.54) is 36.7 Å². The molecule has 30 heavy (non-hydrogen) atoms. The Morgan fingerprint density at radius 2 is 1.60 bits per heavy atom. The van der Waals surface area contributed by atoms with Crippen molar-refractivity contribution in [2.45, 2.75) is 11.1 Å². The smallest absolute Gasteiger partial charge is 0.435 e. The summed E-state index contributed by atoms with van der Waals surface area (Å²) < 4.78 is 69.6. The maximum Gasteiger partial charge on any atom is 0.435 e. The summed E-state index contributed by atoms with van der Waals surface area (Å²) in [5, 5.41) is 3.70. The van der Waals surface area contributed by atoms with Gasteiger partial charge in [0, 0.05) is 17.4 Å². The highest BCUT2D eigenvalue weighted by Gasteiger charge is 2.35. The van der Waals surface area contributed by atoms with Gasteiger partial charge in [0.1, 0.15) is 6.26 Å². The van der Waals surface area contributed by atoms with E-state index in [0.29, 0.717) is 22.7 Å². The first kappa shape index (κ1) is 19.9. The Labute approximate surface area is 169 Å². The number of oxazole rings is 1. The van der Waals surface area contributed by atoms with Gasteiger partial charge in [0.15, 0.2) is 15.5 Å². The van der Waals surface area contributed by atoms with Gasteiger partial charge < -0.3 is 4.42 Å². The number of hydrogen-bond acceptors (Lipinski definition) is 5. The van der Waals surface area contributed by atoms with Gasteiger partial charge in [-0.15, -0.1) is 0 Å². The molecule has 0 aliphatic carbocycles. The Morgan fingerprint density at radius 1 is 0.967 bits per heavy atom. The van der Waals surface area contributed by atoms with Gasteiger partial charge in [-0.25, -0.2) is 18.1 Å². The molecule has 2 heterocycles. The quantitative estimate of drug-likeness (QED) is 0.469. The molecule has 0 radical (unpaired) electrons. The predicted molar refractivity (Wildman–Crippen MR) is 103 cm³/mol. The number of hydrogen-bond donors (Lipinski definition) is 0. The monoisotopic (exact) mass is 433 g/mol. The molecule has 0 aliphatic rings. The lowest BCUT2D eigenvalue weighted by atomic mass is 10.1. The third-order valence-electron chi connectivity index (χ3n) is 4.37. The van der Waals surface area contributed by atoms with Crippen LogP contribution in [0.2, 0.25) is 0 Å². The topological polar surface area (TPSA) is 78.0 Å². The van der Waals surface area contributed by atoms with E-state index in [9.17, 15) is 21.6 Å². The van der Waals surface area contributed by atoms with Crippen molar-refractivity contribution in [3.63, 3.8) is 0 Å². The Hall–Kier alpha value is -3.40. The summed E-state index contributed by atoms with van der Waals surface area (Å²) in [4.78, 5) is 4.10. The van der Waals surface area contributed by atoms with E-state index in [1.54, 1.807) is 24.3 Å². The second-order valence-electron chi connectivity index (χ2n) is 6.51. The SMILES string of the molecule is CS(=O)(=O)c1ccc(-n2nc(C(F)(F)F)cc2-c2ccc(-c3ncco3)cc2)cc1. The van der Waals surface area contributed by atoms with E-state index in [1.807, 2.05) is 0 Å². The van der Waals surface area contributed by atoms with Gasteiger partial charge in [-0.2, -0.15) is 18.3 Å². The largest absolute Gasteiger partial charge is 0.445 e. The lowest BCUT2D eigenvalue weighted by Gasteiger charge is -2.09. The zero-order valence-electron chi connectivity index (χ0n) is 15.5. The second-order valence-corrected chi connectivity index (χ2v) is 8.52. The first-order valence-electron chi connectivity index (χ1n) is 8.61. The van der Waals surface area contributed by atoms with Crippen LogP contribution < -0.4 is 0 Å². The fourth-order valence-electron chi connectivity index (χ4n) is 2.91. The molecule has 0 unspecified atom stereocenters. The number of rotatable bonds is 4. The van der Waals surface area contributed by atoms with Crippen molar-refractivity contribution in [1.29, 1.82) is 0 Å². The van der Waals surface area contributed by atoms with Crippen LogP contribution in [-0.4, -0.2) is 29.4 Å². The van der Waals surface area contributed by atoms with Crippen LogP contribution >= 0.6 is 0 Å². The van der Waals surface area contributed by atoms with Gasteiger partial charge in [-0.1, -0.05) is 12.1 Å². The number of alkyl halides is 3. The van der Waals surface area contributed by atoms with Gasteiger partial charge in [-0.3, -0.25) is 0 Å². The minimum Gasteiger partial charge on any atom is -0.445 e. The van der Waals surface area contributed by atoms with Crippen molar-refractivity contribution in [3.8, 4) is 28.4 Å². The van der Waals surface area contributed by atoms with Crippen molar-refractivity contribution in [1.82, 2.24) is 14.8 Å². The fourth-order valence-corrected chi connectivity index (χ4v) is 3.54. The van der Waals surface area contributed by atoms with Crippen LogP contribution in [0.1, 0.15) is 5.69 Å². The lowest BCUT2D eigenvalue weighted by molar-refractivity contribution is -0.141. The first-order valence-corrected chi connectivity index (χ1v) is 10.5. The van der Waals surface area contributed by atoms with E-state index in [-0.39, 0.29) is 10.6 Å². The lowest BCUT2D eigenvalue weighted by Crippen LogP contribution is -2.07. The summed E-state index contributed by atoms with van der Waals surface area (Å²) in [6.07, 6.45) is -0.661. The molecule has 0 saturated heterocycles. The number of benzene rings is 2. The Kier molecular flexibility index (Phi) is 4.73. The van der Waals surface area contributed by atoms with Crippen LogP contribution in [0.5, 0.6) is 0 Å². The van der Waals surface area contributed by atoms with Gasteiger partial charge >= 0.3 is 6.18 Å². The predicted octanol–water partition coefficient (Wildman–Crippen LogP) is 4.62. The maximum absolute atomic E-state index is 13.3. The van der Waals surface area contributed by atoms with Crippen LogP contribution in [0.4, 0.5) is 13.2 Å². The molecular formula is C20H14F3N3O3S. The van der Waals surface area contributed by atoms with Crippen molar-refractivity contribution in [2.75, 3.05) is 6.26 Å². The Balaban J connectivity index is 1.80. The summed E-state index contributed by atoms with van der Waals surface area (Å²) in [6, 6.07) is 13.1. The number of sulfone groups is 1. The van der Waals surface area contributed by atoms with Crippen molar-refractivity contribution in [2.24, 2.45) is 0 Å². The van der Waals surface area contributed by atoms with E-state index >= 15 is 0 Å². The average molecular weight is 433 g/mol. The molecule has 0 atom stereocenters. The minimum atomic E-state index is -4.63. The number of aromatic nitrogens is 3. The molecule has 0 fully saturated rings. The molecule has 0 bridgehead atoms. The third-order valence-corrected chi connectivity index (χ3v) is 5.50. The second kappa shape index (κ2) is 7.13. The molecule has 2 aromatic heterocycles. The van der Waals surface area contributed by atoms with E-state index in [4.69, 9.17) is 4.42 Å². The van der Waals surface area contributed by atoms with E-state index < -0.39 is 21.7 Å².